The molecule has 0 spiro atoms. The Labute approximate surface area is 93.9 Å². The monoisotopic (exact) mass is 216 g/mol. The van der Waals surface area contributed by atoms with Crippen molar-refractivity contribution in [2.45, 2.75) is 19.8 Å². The molecule has 90 valence electrons. The Kier molecular flexibility index (Phi) is 5.58. The van der Waals surface area contributed by atoms with E-state index in [0.29, 0.717) is 6.61 Å². The Hall–Kier alpha value is -0.120. The van der Waals surface area contributed by atoms with E-state index in [1.165, 1.54) is 30.4 Å². The molecule has 1 aliphatic rings. The van der Waals surface area contributed by atoms with Crippen LogP contribution in [0.2, 0.25) is 0 Å². The summed E-state index contributed by atoms with van der Waals surface area (Å²) >= 11 is 0. The third-order valence-corrected chi connectivity index (χ3v) is 3.35. The van der Waals surface area contributed by atoms with Gasteiger partial charge in [0.05, 0.1) is 40.0 Å². The van der Waals surface area contributed by atoms with E-state index in [-0.39, 0.29) is 0 Å². The SMILES string of the molecule is COCCOCC[N+]1(C)CCCC(C)C1. The number of likely N-dealkylation sites (tertiary alicyclic amines) is 1. The van der Waals surface area contributed by atoms with Crippen LogP contribution in [0.25, 0.3) is 0 Å². The van der Waals surface area contributed by atoms with Crippen molar-refractivity contribution >= 4 is 0 Å². The van der Waals surface area contributed by atoms with Crippen LogP contribution in [0, 0.1) is 5.92 Å². The van der Waals surface area contributed by atoms with E-state index in [0.717, 1.165) is 25.7 Å². The molecule has 0 aromatic rings. The van der Waals surface area contributed by atoms with Gasteiger partial charge < -0.3 is 14.0 Å². The maximum Gasteiger partial charge on any atom is 0.102 e. The molecule has 0 radical (unpaired) electrons. The normalized spacial score (nSPS) is 31.8. The molecule has 0 aromatic heterocycles. The van der Waals surface area contributed by atoms with Gasteiger partial charge in [0.25, 0.3) is 0 Å². The van der Waals surface area contributed by atoms with Crippen LogP contribution in [-0.2, 0) is 9.47 Å². The van der Waals surface area contributed by atoms with Crippen molar-refractivity contribution < 1.29 is 14.0 Å². The number of hydrogen-bond acceptors (Lipinski definition) is 2. The molecule has 1 fully saturated rings. The average molecular weight is 216 g/mol. The van der Waals surface area contributed by atoms with Gasteiger partial charge in [0.2, 0.25) is 0 Å². The molecule has 1 rings (SSSR count). The second-order valence-corrected chi connectivity index (χ2v) is 5.10. The van der Waals surface area contributed by atoms with Gasteiger partial charge in [0.15, 0.2) is 0 Å². The molecule has 0 N–H and O–H groups in total. The van der Waals surface area contributed by atoms with Gasteiger partial charge in [0, 0.05) is 13.0 Å². The molecule has 3 nitrogen and oxygen atoms in total. The quantitative estimate of drug-likeness (QED) is 0.495. The maximum atomic E-state index is 5.54. The zero-order valence-electron chi connectivity index (χ0n) is 10.5. The van der Waals surface area contributed by atoms with Crippen LogP contribution >= 0.6 is 0 Å². The van der Waals surface area contributed by atoms with Gasteiger partial charge in [-0.3, -0.25) is 0 Å². The molecule has 2 unspecified atom stereocenters. The van der Waals surface area contributed by atoms with Crippen LogP contribution < -0.4 is 0 Å². The first-order chi connectivity index (χ1) is 7.16. The Balaban J connectivity index is 2.12. The summed E-state index contributed by atoms with van der Waals surface area (Å²) in [7, 11) is 4.07. The minimum atomic E-state index is 0.708. The van der Waals surface area contributed by atoms with Gasteiger partial charge in [-0.2, -0.15) is 0 Å². The van der Waals surface area contributed by atoms with Gasteiger partial charge in [0.1, 0.15) is 6.54 Å². The van der Waals surface area contributed by atoms with Gasteiger partial charge >= 0.3 is 0 Å². The second-order valence-electron chi connectivity index (χ2n) is 5.10. The highest BCUT2D eigenvalue weighted by Crippen LogP contribution is 2.20. The minimum Gasteiger partial charge on any atom is -0.382 e. The lowest BCUT2D eigenvalue weighted by atomic mass is 9.98. The Morgan fingerprint density at radius 3 is 2.73 bits per heavy atom. The topological polar surface area (TPSA) is 18.5 Å². The predicted molar refractivity (Wildman–Crippen MR) is 61.9 cm³/mol. The number of likely N-dealkylation sites (N-methyl/N-ethyl adjacent to an activating group) is 1. The fourth-order valence-electron chi connectivity index (χ4n) is 2.49. The van der Waals surface area contributed by atoms with Gasteiger partial charge in [-0.25, -0.2) is 0 Å². The lowest BCUT2D eigenvalue weighted by molar-refractivity contribution is -0.917. The first-order valence-corrected chi connectivity index (χ1v) is 6.06. The van der Waals surface area contributed by atoms with Crippen LogP contribution in [-0.4, -0.2) is 58.1 Å². The number of methoxy groups -OCH3 is 1. The first kappa shape index (κ1) is 12.9. The Bertz CT molecular complexity index is 175. The molecule has 0 aliphatic carbocycles. The molecule has 1 heterocycles. The van der Waals surface area contributed by atoms with Gasteiger partial charge in [-0.05, 0) is 12.8 Å². The second kappa shape index (κ2) is 6.46. The number of rotatable bonds is 6. The zero-order chi connectivity index (χ0) is 11.1. The summed E-state index contributed by atoms with van der Waals surface area (Å²) < 4.78 is 11.7. The highest BCUT2D eigenvalue weighted by atomic mass is 16.5. The van der Waals surface area contributed by atoms with Crippen LogP contribution in [0.4, 0.5) is 0 Å². The summed E-state index contributed by atoms with van der Waals surface area (Å²) in [4.78, 5) is 0. The minimum absolute atomic E-state index is 0.708. The summed E-state index contributed by atoms with van der Waals surface area (Å²) in [6.45, 7) is 8.44. The fraction of sp³-hybridized carbons (Fsp3) is 1.00. The number of nitrogens with zero attached hydrogens (tertiary/aromatic N) is 1. The summed E-state index contributed by atoms with van der Waals surface area (Å²) in [6.07, 6.45) is 2.77. The van der Waals surface area contributed by atoms with Crippen LogP contribution in [0.15, 0.2) is 0 Å². The van der Waals surface area contributed by atoms with E-state index in [2.05, 4.69) is 14.0 Å². The summed E-state index contributed by atoms with van der Waals surface area (Å²) in [5.41, 5.74) is 0. The lowest BCUT2D eigenvalue weighted by Crippen LogP contribution is -2.52. The van der Waals surface area contributed by atoms with E-state index in [9.17, 15) is 0 Å². The fourth-order valence-corrected chi connectivity index (χ4v) is 2.49. The molecule has 0 amide bonds. The van der Waals surface area contributed by atoms with Crippen molar-refractivity contribution in [3.05, 3.63) is 0 Å². The summed E-state index contributed by atoms with van der Waals surface area (Å²) in [5.74, 6) is 0.878. The Morgan fingerprint density at radius 2 is 2.07 bits per heavy atom. The molecular formula is C12H26NO2+. The summed E-state index contributed by atoms with van der Waals surface area (Å²) in [6, 6.07) is 0. The molecule has 2 atom stereocenters. The third-order valence-electron chi connectivity index (χ3n) is 3.35. The van der Waals surface area contributed by atoms with Crippen molar-refractivity contribution in [2.24, 2.45) is 5.92 Å². The van der Waals surface area contributed by atoms with Crippen molar-refractivity contribution in [1.82, 2.24) is 0 Å². The van der Waals surface area contributed by atoms with E-state index >= 15 is 0 Å². The largest absolute Gasteiger partial charge is 0.382 e. The van der Waals surface area contributed by atoms with E-state index < -0.39 is 0 Å². The number of piperidine rings is 1. The van der Waals surface area contributed by atoms with E-state index in [4.69, 9.17) is 9.47 Å². The van der Waals surface area contributed by atoms with Crippen molar-refractivity contribution in [3.8, 4) is 0 Å². The average Bonchev–Trinajstić information content (AvgIpc) is 2.17. The molecular weight excluding hydrogens is 190 g/mol. The smallest absolute Gasteiger partial charge is 0.102 e. The molecule has 1 aliphatic heterocycles. The standard InChI is InChI=1S/C12H26NO2/c1-12-5-4-6-13(2,11-12)7-8-15-10-9-14-3/h12H,4-11H2,1-3H3/q+1. The molecule has 3 heteroatoms. The molecule has 0 bridgehead atoms. The van der Waals surface area contributed by atoms with E-state index in [1.807, 2.05) is 0 Å². The van der Waals surface area contributed by atoms with Crippen LogP contribution in [0.3, 0.4) is 0 Å². The summed E-state index contributed by atoms with van der Waals surface area (Å²) in [5, 5.41) is 0. The van der Waals surface area contributed by atoms with Crippen LogP contribution in [0.5, 0.6) is 0 Å². The van der Waals surface area contributed by atoms with E-state index in [1.54, 1.807) is 7.11 Å². The lowest BCUT2D eigenvalue weighted by Gasteiger charge is -2.40. The van der Waals surface area contributed by atoms with Gasteiger partial charge in [-0.1, -0.05) is 6.92 Å². The Morgan fingerprint density at radius 1 is 1.27 bits per heavy atom. The van der Waals surface area contributed by atoms with Crippen molar-refractivity contribution in [3.63, 3.8) is 0 Å². The molecule has 0 aromatic carbocycles. The molecule has 1 saturated heterocycles. The number of hydrogen-bond donors (Lipinski definition) is 0. The number of quaternary nitrogens is 1. The third kappa shape index (κ3) is 4.96. The highest BCUT2D eigenvalue weighted by Gasteiger charge is 2.28. The predicted octanol–water partition coefficient (Wildman–Crippen LogP) is 1.53. The zero-order valence-corrected chi connectivity index (χ0v) is 10.5. The number of ether oxygens (including phenoxy) is 2. The maximum absolute atomic E-state index is 5.54. The van der Waals surface area contributed by atoms with Crippen molar-refractivity contribution in [1.29, 1.82) is 0 Å². The van der Waals surface area contributed by atoms with Gasteiger partial charge in [-0.15, -0.1) is 0 Å². The molecule has 15 heavy (non-hydrogen) atoms. The first-order valence-electron chi connectivity index (χ1n) is 6.06. The molecule has 0 saturated carbocycles. The van der Waals surface area contributed by atoms with Crippen LogP contribution in [0.1, 0.15) is 19.8 Å². The van der Waals surface area contributed by atoms with Crippen molar-refractivity contribution in [2.75, 3.05) is 53.6 Å². The highest BCUT2D eigenvalue weighted by molar-refractivity contribution is 4.59.